The highest BCUT2D eigenvalue weighted by Crippen LogP contribution is 2.12. The molecule has 1 fully saturated rings. The van der Waals surface area contributed by atoms with Crippen molar-refractivity contribution >= 4 is 5.71 Å². The highest BCUT2D eigenvalue weighted by Gasteiger charge is 2.14. The molecule has 1 aromatic rings. The molecule has 0 bridgehead atoms. The van der Waals surface area contributed by atoms with Crippen molar-refractivity contribution in [2.75, 3.05) is 19.6 Å². The minimum atomic E-state index is 0.914. The molecule has 2 rings (SSSR count). The highest BCUT2D eigenvalue weighted by atomic mass is 15.1. The first-order chi connectivity index (χ1) is 8.88. The molecule has 1 aliphatic heterocycles. The van der Waals surface area contributed by atoms with Gasteiger partial charge in [-0.25, -0.2) is 0 Å². The Balaban J connectivity index is 1.76. The van der Waals surface area contributed by atoms with E-state index in [1.165, 1.54) is 11.3 Å². The topological polar surface area (TPSA) is 15.6 Å². The van der Waals surface area contributed by atoms with Crippen LogP contribution >= 0.6 is 0 Å². The Bertz CT molecular complexity index is 385. The molecule has 0 N–H and O–H groups in total. The SMILES string of the molecule is C=CCCN=C1CCN(Cc2ccccc2)CC1. The summed E-state index contributed by atoms with van der Waals surface area (Å²) in [7, 11) is 0. The van der Waals surface area contributed by atoms with E-state index in [1.807, 2.05) is 6.08 Å². The Morgan fingerprint density at radius 2 is 1.89 bits per heavy atom. The average molecular weight is 242 g/mol. The van der Waals surface area contributed by atoms with E-state index in [0.29, 0.717) is 0 Å². The Kier molecular flexibility index (Phi) is 5.15. The van der Waals surface area contributed by atoms with Crippen LogP contribution in [0.5, 0.6) is 0 Å². The summed E-state index contributed by atoms with van der Waals surface area (Å²) < 4.78 is 0. The summed E-state index contributed by atoms with van der Waals surface area (Å²) in [5.41, 5.74) is 2.80. The molecule has 1 aliphatic rings. The van der Waals surface area contributed by atoms with Crippen molar-refractivity contribution in [3.63, 3.8) is 0 Å². The lowest BCUT2D eigenvalue weighted by Crippen LogP contribution is -2.33. The number of hydrogen-bond donors (Lipinski definition) is 0. The second-order valence-electron chi connectivity index (χ2n) is 4.79. The molecule has 96 valence electrons. The maximum Gasteiger partial charge on any atom is 0.0423 e. The second-order valence-corrected chi connectivity index (χ2v) is 4.79. The molecule has 18 heavy (non-hydrogen) atoms. The van der Waals surface area contributed by atoms with Gasteiger partial charge in [0.2, 0.25) is 0 Å². The quantitative estimate of drug-likeness (QED) is 0.571. The van der Waals surface area contributed by atoms with E-state index in [1.54, 1.807) is 0 Å². The van der Waals surface area contributed by atoms with Crippen molar-refractivity contribution in [1.29, 1.82) is 0 Å². The second kappa shape index (κ2) is 7.12. The van der Waals surface area contributed by atoms with Crippen molar-refractivity contribution < 1.29 is 0 Å². The van der Waals surface area contributed by atoms with Crippen molar-refractivity contribution in [1.82, 2.24) is 4.90 Å². The molecule has 0 radical (unpaired) electrons. The number of rotatable bonds is 5. The lowest BCUT2D eigenvalue weighted by atomic mass is 10.1. The smallest absolute Gasteiger partial charge is 0.0423 e. The number of piperidine rings is 1. The zero-order valence-electron chi connectivity index (χ0n) is 11.0. The van der Waals surface area contributed by atoms with E-state index in [4.69, 9.17) is 0 Å². The van der Waals surface area contributed by atoms with E-state index >= 15 is 0 Å². The Morgan fingerprint density at radius 3 is 2.56 bits per heavy atom. The van der Waals surface area contributed by atoms with Crippen LogP contribution in [-0.2, 0) is 6.54 Å². The molecule has 0 saturated carbocycles. The molecule has 1 saturated heterocycles. The van der Waals surface area contributed by atoms with Gasteiger partial charge < -0.3 is 0 Å². The van der Waals surface area contributed by atoms with Crippen LogP contribution in [0.3, 0.4) is 0 Å². The van der Waals surface area contributed by atoms with E-state index in [0.717, 1.165) is 45.4 Å². The predicted octanol–water partition coefficient (Wildman–Crippen LogP) is 3.30. The van der Waals surface area contributed by atoms with Gasteiger partial charge in [-0.3, -0.25) is 9.89 Å². The van der Waals surface area contributed by atoms with Gasteiger partial charge in [-0.15, -0.1) is 6.58 Å². The molecule has 0 atom stereocenters. The molecule has 0 spiro atoms. The Hall–Kier alpha value is -1.41. The predicted molar refractivity (Wildman–Crippen MR) is 78.1 cm³/mol. The summed E-state index contributed by atoms with van der Waals surface area (Å²) >= 11 is 0. The molecule has 1 heterocycles. The number of benzene rings is 1. The minimum Gasteiger partial charge on any atom is -0.298 e. The monoisotopic (exact) mass is 242 g/mol. The van der Waals surface area contributed by atoms with E-state index in [-0.39, 0.29) is 0 Å². The standard InChI is InChI=1S/C16H22N2/c1-2-3-11-17-16-9-12-18(13-10-16)14-15-7-5-4-6-8-15/h2,4-8H,1,3,9-14H2. The van der Waals surface area contributed by atoms with Gasteiger partial charge in [0.05, 0.1) is 0 Å². The minimum absolute atomic E-state index is 0.914. The fourth-order valence-electron chi connectivity index (χ4n) is 2.28. The van der Waals surface area contributed by atoms with Crippen molar-refractivity contribution in [2.24, 2.45) is 4.99 Å². The van der Waals surface area contributed by atoms with Crippen molar-refractivity contribution in [2.45, 2.75) is 25.8 Å². The lowest BCUT2D eigenvalue weighted by molar-refractivity contribution is 0.266. The molecular formula is C16H22N2. The summed E-state index contributed by atoms with van der Waals surface area (Å²) in [4.78, 5) is 7.15. The lowest BCUT2D eigenvalue weighted by Gasteiger charge is -2.27. The van der Waals surface area contributed by atoms with Crippen LogP contribution in [0.25, 0.3) is 0 Å². The maximum absolute atomic E-state index is 4.63. The van der Waals surface area contributed by atoms with Gasteiger partial charge in [0, 0.05) is 31.9 Å². The third-order valence-corrected chi connectivity index (χ3v) is 3.35. The zero-order valence-corrected chi connectivity index (χ0v) is 11.0. The zero-order chi connectivity index (χ0) is 12.6. The highest BCUT2D eigenvalue weighted by molar-refractivity contribution is 5.85. The van der Waals surface area contributed by atoms with Crippen LogP contribution in [-0.4, -0.2) is 30.2 Å². The van der Waals surface area contributed by atoms with Gasteiger partial charge >= 0.3 is 0 Å². The van der Waals surface area contributed by atoms with Crippen LogP contribution < -0.4 is 0 Å². The number of nitrogens with zero attached hydrogens (tertiary/aromatic N) is 2. The first-order valence-corrected chi connectivity index (χ1v) is 6.78. The summed E-state index contributed by atoms with van der Waals surface area (Å²) in [5.74, 6) is 0. The summed E-state index contributed by atoms with van der Waals surface area (Å²) in [6, 6.07) is 10.7. The molecule has 2 nitrogen and oxygen atoms in total. The normalized spacial score (nSPS) is 16.6. The first-order valence-electron chi connectivity index (χ1n) is 6.78. The fraction of sp³-hybridized carbons (Fsp3) is 0.438. The Labute approximate surface area is 110 Å². The van der Waals surface area contributed by atoms with Gasteiger partial charge in [0.25, 0.3) is 0 Å². The van der Waals surface area contributed by atoms with E-state index < -0.39 is 0 Å². The number of hydrogen-bond acceptors (Lipinski definition) is 2. The maximum atomic E-state index is 4.63. The van der Waals surface area contributed by atoms with Crippen LogP contribution in [0.15, 0.2) is 48.0 Å². The van der Waals surface area contributed by atoms with E-state index in [2.05, 4.69) is 46.8 Å². The van der Waals surface area contributed by atoms with Crippen LogP contribution in [0.4, 0.5) is 0 Å². The molecule has 0 amide bonds. The van der Waals surface area contributed by atoms with Crippen molar-refractivity contribution in [3.8, 4) is 0 Å². The summed E-state index contributed by atoms with van der Waals surface area (Å²) in [6.45, 7) is 7.99. The van der Waals surface area contributed by atoms with Gasteiger partial charge in [0.1, 0.15) is 0 Å². The third-order valence-electron chi connectivity index (χ3n) is 3.35. The van der Waals surface area contributed by atoms with Gasteiger partial charge in [-0.05, 0) is 24.8 Å². The molecule has 0 unspecified atom stereocenters. The fourth-order valence-corrected chi connectivity index (χ4v) is 2.28. The van der Waals surface area contributed by atoms with Gasteiger partial charge in [-0.2, -0.15) is 0 Å². The van der Waals surface area contributed by atoms with Crippen LogP contribution in [0.2, 0.25) is 0 Å². The molecule has 2 heteroatoms. The molecule has 0 aliphatic carbocycles. The largest absolute Gasteiger partial charge is 0.298 e. The van der Waals surface area contributed by atoms with Crippen LogP contribution in [0.1, 0.15) is 24.8 Å². The van der Waals surface area contributed by atoms with Gasteiger partial charge in [-0.1, -0.05) is 36.4 Å². The number of aliphatic imine (C=N–C) groups is 1. The number of likely N-dealkylation sites (tertiary alicyclic amines) is 1. The molecule has 1 aromatic carbocycles. The van der Waals surface area contributed by atoms with E-state index in [9.17, 15) is 0 Å². The molecular weight excluding hydrogens is 220 g/mol. The van der Waals surface area contributed by atoms with Crippen molar-refractivity contribution in [3.05, 3.63) is 48.6 Å². The third kappa shape index (κ3) is 4.11. The van der Waals surface area contributed by atoms with Crippen LogP contribution in [0, 0.1) is 0 Å². The average Bonchev–Trinajstić information content (AvgIpc) is 2.42. The summed E-state index contributed by atoms with van der Waals surface area (Å²) in [5, 5.41) is 0. The first kappa shape index (κ1) is 13.0. The molecule has 0 aromatic heterocycles. The summed E-state index contributed by atoms with van der Waals surface area (Å²) in [6.07, 6.45) is 5.19. The Morgan fingerprint density at radius 1 is 1.17 bits per heavy atom. The van der Waals surface area contributed by atoms with Gasteiger partial charge in [0.15, 0.2) is 0 Å².